The minimum absolute atomic E-state index is 0.480. The second kappa shape index (κ2) is 3.76. The van der Waals surface area contributed by atoms with Gasteiger partial charge in [-0.15, -0.1) is 11.3 Å². The molecule has 1 nitrogen and oxygen atoms in total. The Morgan fingerprint density at radius 1 is 1.64 bits per heavy atom. The maximum Gasteiger partial charge on any atom is 0.100 e. The molecule has 1 rings (SSSR count). The predicted octanol–water partition coefficient (Wildman–Crippen LogP) is 3.50. The fraction of sp³-hybridized carbons (Fsp3) is 0.429. The number of aliphatic hydroxyl groups excluding tert-OH is 1. The third kappa shape index (κ3) is 2.09. The van der Waals surface area contributed by atoms with Gasteiger partial charge >= 0.3 is 0 Å². The van der Waals surface area contributed by atoms with Crippen LogP contribution in [-0.4, -0.2) is 5.11 Å². The zero-order chi connectivity index (χ0) is 8.43. The van der Waals surface area contributed by atoms with Crippen molar-refractivity contribution in [3.63, 3.8) is 0 Å². The Morgan fingerprint density at radius 2 is 2.27 bits per heavy atom. The van der Waals surface area contributed by atoms with Gasteiger partial charge < -0.3 is 5.11 Å². The first kappa shape index (κ1) is 9.33. The van der Waals surface area contributed by atoms with Gasteiger partial charge in [-0.1, -0.05) is 30.1 Å². The van der Waals surface area contributed by atoms with Crippen LogP contribution >= 0.6 is 34.5 Å². The SMILES string of the molecule is CCC(O)c1cc(Cl)sc1Cl. The molecular weight excluding hydrogens is 203 g/mol. The minimum atomic E-state index is -0.480. The second-order valence-corrected chi connectivity index (χ2v) is 4.49. The van der Waals surface area contributed by atoms with Gasteiger partial charge in [0.05, 0.1) is 10.4 Å². The van der Waals surface area contributed by atoms with Crippen molar-refractivity contribution in [2.24, 2.45) is 0 Å². The summed E-state index contributed by atoms with van der Waals surface area (Å²) in [5, 5.41) is 9.39. The van der Waals surface area contributed by atoms with Crippen molar-refractivity contribution in [1.29, 1.82) is 0 Å². The number of aliphatic hydroxyl groups is 1. The van der Waals surface area contributed by atoms with Crippen LogP contribution in [0.2, 0.25) is 8.67 Å². The van der Waals surface area contributed by atoms with Crippen LogP contribution in [0.25, 0.3) is 0 Å². The Balaban J connectivity index is 2.93. The topological polar surface area (TPSA) is 20.2 Å². The smallest absolute Gasteiger partial charge is 0.100 e. The number of halogens is 2. The first-order valence-electron chi connectivity index (χ1n) is 3.28. The van der Waals surface area contributed by atoms with E-state index in [9.17, 15) is 5.11 Å². The normalized spacial score (nSPS) is 13.5. The van der Waals surface area contributed by atoms with Crippen LogP contribution in [0.15, 0.2) is 6.07 Å². The quantitative estimate of drug-likeness (QED) is 0.793. The van der Waals surface area contributed by atoms with E-state index in [0.29, 0.717) is 15.1 Å². The molecule has 0 amide bonds. The molecule has 62 valence electrons. The van der Waals surface area contributed by atoms with Gasteiger partial charge in [0.15, 0.2) is 0 Å². The monoisotopic (exact) mass is 210 g/mol. The highest BCUT2D eigenvalue weighted by Gasteiger charge is 2.12. The van der Waals surface area contributed by atoms with Crippen LogP contribution in [0.1, 0.15) is 25.0 Å². The Kier molecular flexibility index (Phi) is 3.19. The average molecular weight is 211 g/mol. The Bertz CT molecular complexity index is 247. The summed E-state index contributed by atoms with van der Waals surface area (Å²) in [5.74, 6) is 0. The molecule has 0 bridgehead atoms. The summed E-state index contributed by atoms with van der Waals surface area (Å²) in [6, 6.07) is 1.71. The molecular formula is C7H8Cl2OS. The van der Waals surface area contributed by atoms with Gasteiger partial charge in [0.1, 0.15) is 4.34 Å². The molecule has 0 radical (unpaired) electrons. The molecule has 1 aromatic rings. The molecule has 0 saturated carbocycles. The molecule has 0 aliphatic heterocycles. The Labute approximate surface area is 79.6 Å². The van der Waals surface area contributed by atoms with Gasteiger partial charge in [-0.25, -0.2) is 0 Å². The lowest BCUT2D eigenvalue weighted by Crippen LogP contribution is -1.92. The summed E-state index contributed by atoms with van der Waals surface area (Å²) >= 11 is 12.8. The average Bonchev–Trinajstić information content (AvgIpc) is 2.28. The number of rotatable bonds is 2. The summed E-state index contributed by atoms with van der Waals surface area (Å²) < 4.78 is 1.21. The minimum Gasteiger partial charge on any atom is -0.388 e. The molecule has 0 saturated heterocycles. The standard InChI is InChI=1S/C7H8Cl2OS/c1-2-5(10)4-3-6(8)11-7(4)9/h3,5,10H,2H2,1H3. The zero-order valence-electron chi connectivity index (χ0n) is 5.97. The van der Waals surface area contributed by atoms with Crippen molar-refractivity contribution in [3.8, 4) is 0 Å². The zero-order valence-corrected chi connectivity index (χ0v) is 8.30. The lowest BCUT2D eigenvalue weighted by molar-refractivity contribution is 0.174. The van der Waals surface area contributed by atoms with Crippen LogP contribution in [0.3, 0.4) is 0 Å². The van der Waals surface area contributed by atoms with Crippen molar-refractivity contribution in [3.05, 3.63) is 20.3 Å². The Hall–Kier alpha value is 0.240. The van der Waals surface area contributed by atoms with Gasteiger partial charge in [0.2, 0.25) is 0 Å². The first-order valence-corrected chi connectivity index (χ1v) is 4.85. The molecule has 0 fully saturated rings. The van der Waals surface area contributed by atoms with Crippen molar-refractivity contribution in [1.82, 2.24) is 0 Å². The summed E-state index contributed by atoms with van der Waals surface area (Å²) in [4.78, 5) is 0. The van der Waals surface area contributed by atoms with Crippen LogP contribution in [0.5, 0.6) is 0 Å². The van der Waals surface area contributed by atoms with Crippen LogP contribution in [-0.2, 0) is 0 Å². The highest BCUT2D eigenvalue weighted by molar-refractivity contribution is 7.20. The van der Waals surface area contributed by atoms with Gasteiger partial charge in [-0.2, -0.15) is 0 Å². The molecule has 1 aromatic heterocycles. The highest BCUT2D eigenvalue weighted by Crippen LogP contribution is 2.35. The van der Waals surface area contributed by atoms with E-state index in [4.69, 9.17) is 23.2 Å². The lowest BCUT2D eigenvalue weighted by atomic mass is 10.1. The lowest BCUT2D eigenvalue weighted by Gasteiger charge is -2.04. The first-order chi connectivity index (χ1) is 5.15. The van der Waals surface area contributed by atoms with Crippen LogP contribution < -0.4 is 0 Å². The van der Waals surface area contributed by atoms with Crippen molar-refractivity contribution < 1.29 is 5.11 Å². The summed E-state index contributed by atoms with van der Waals surface area (Å²) in [5.41, 5.74) is 0.740. The van der Waals surface area contributed by atoms with E-state index >= 15 is 0 Å². The van der Waals surface area contributed by atoms with Crippen molar-refractivity contribution in [2.75, 3.05) is 0 Å². The Morgan fingerprint density at radius 3 is 2.64 bits per heavy atom. The third-order valence-corrected chi connectivity index (χ3v) is 2.95. The fourth-order valence-electron chi connectivity index (χ4n) is 0.800. The molecule has 0 aromatic carbocycles. The second-order valence-electron chi connectivity index (χ2n) is 2.20. The fourth-order valence-corrected chi connectivity index (χ4v) is 2.37. The predicted molar refractivity (Wildman–Crippen MR) is 49.6 cm³/mol. The molecule has 11 heavy (non-hydrogen) atoms. The number of hydrogen-bond acceptors (Lipinski definition) is 2. The number of thiophene rings is 1. The maximum absolute atomic E-state index is 9.39. The van der Waals surface area contributed by atoms with Gasteiger partial charge in [0.25, 0.3) is 0 Å². The van der Waals surface area contributed by atoms with E-state index in [1.54, 1.807) is 6.07 Å². The van der Waals surface area contributed by atoms with Gasteiger partial charge in [-0.05, 0) is 12.5 Å². The van der Waals surface area contributed by atoms with E-state index in [0.717, 1.165) is 5.56 Å². The van der Waals surface area contributed by atoms with Gasteiger partial charge in [0, 0.05) is 5.56 Å². The van der Waals surface area contributed by atoms with E-state index in [-0.39, 0.29) is 0 Å². The molecule has 1 heterocycles. The largest absolute Gasteiger partial charge is 0.388 e. The molecule has 0 aliphatic rings. The van der Waals surface area contributed by atoms with Crippen LogP contribution in [0.4, 0.5) is 0 Å². The van der Waals surface area contributed by atoms with Gasteiger partial charge in [-0.3, -0.25) is 0 Å². The highest BCUT2D eigenvalue weighted by atomic mass is 35.5. The molecule has 1 N–H and O–H groups in total. The molecule has 4 heteroatoms. The third-order valence-electron chi connectivity index (χ3n) is 1.43. The summed E-state index contributed by atoms with van der Waals surface area (Å²) in [6.07, 6.45) is 0.179. The van der Waals surface area contributed by atoms with E-state index in [1.807, 2.05) is 6.92 Å². The van der Waals surface area contributed by atoms with Crippen molar-refractivity contribution in [2.45, 2.75) is 19.4 Å². The summed E-state index contributed by atoms with van der Waals surface area (Å²) in [6.45, 7) is 1.90. The molecule has 0 aliphatic carbocycles. The van der Waals surface area contributed by atoms with E-state index in [2.05, 4.69) is 0 Å². The van der Waals surface area contributed by atoms with Crippen LogP contribution in [0, 0.1) is 0 Å². The van der Waals surface area contributed by atoms with E-state index in [1.165, 1.54) is 11.3 Å². The molecule has 1 atom stereocenters. The molecule has 1 unspecified atom stereocenters. The molecule has 0 spiro atoms. The number of hydrogen-bond donors (Lipinski definition) is 1. The van der Waals surface area contributed by atoms with Crippen molar-refractivity contribution >= 4 is 34.5 Å². The van der Waals surface area contributed by atoms with E-state index < -0.39 is 6.10 Å². The summed E-state index contributed by atoms with van der Waals surface area (Å²) in [7, 11) is 0. The maximum atomic E-state index is 9.39.